The van der Waals surface area contributed by atoms with Gasteiger partial charge < -0.3 is 39.4 Å². The van der Waals surface area contributed by atoms with E-state index in [1.807, 2.05) is 0 Å². The Labute approximate surface area is 334 Å². The molecule has 0 bridgehead atoms. The van der Waals surface area contributed by atoms with Crippen LogP contribution in [0, 0.1) is 0 Å². The quantitative estimate of drug-likeness (QED) is 0.0273. The summed E-state index contributed by atoms with van der Waals surface area (Å²) in [5.74, 6) is -0.817. The highest BCUT2D eigenvalue weighted by Crippen LogP contribution is 2.22. The van der Waals surface area contributed by atoms with Gasteiger partial charge in [0.05, 0.1) is 13.2 Å². The van der Waals surface area contributed by atoms with Crippen molar-refractivity contribution in [2.75, 3.05) is 19.8 Å². The number of allylic oxidation sites excluding steroid dienone is 4. The van der Waals surface area contributed by atoms with Crippen LogP contribution in [0.15, 0.2) is 24.3 Å². The van der Waals surface area contributed by atoms with Gasteiger partial charge in [-0.2, -0.15) is 0 Å². The summed E-state index contributed by atoms with van der Waals surface area (Å²) in [4.78, 5) is 25.3. The van der Waals surface area contributed by atoms with E-state index in [4.69, 9.17) is 18.9 Å². The second-order valence-electron chi connectivity index (χ2n) is 15.5. The number of hydrogen-bond acceptors (Lipinski definition) is 10. The van der Waals surface area contributed by atoms with Gasteiger partial charge in [0.25, 0.3) is 0 Å². The maximum atomic E-state index is 12.8. The molecule has 0 spiro atoms. The van der Waals surface area contributed by atoms with Gasteiger partial charge in [-0.05, 0) is 64.2 Å². The number of ether oxygens (including phenoxy) is 4. The maximum Gasteiger partial charge on any atom is 0.306 e. The smallest absolute Gasteiger partial charge is 0.306 e. The topological polar surface area (TPSA) is 152 Å². The van der Waals surface area contributed by atoms with Crippen molar-refractivity contribution in [3.63, 3.8) is 0 Å². The highest BCUT2D eigenvalue weighted by atomic mass is 16.7. The highest BCUT2D eigenvalue weighted by Gasteiger charge is 2.44. The first-order chi connectivity index (χ1) is 26.8. The van der Waals surface area contributed by atoms with Gasteiger partial charge >= 0.3 is 11.9 Å². The van der Waals surface area contributed by atoms with Gasteiger partial charge in [0.15, 0.2) is 12.4 Å². The van der Waals surface area contributed by atoms with Crippen LogP contribution in [-0.2, 0) is 28.5 Å². The number of carbonyl (C=O) groups is 2. The molecular formula is C45H82O10. The molecule has 1 saturated heterocycles. The number of carbonyl (C=O) groups excluding carboxylic acids is 2. The summed E-state index contributed by atoms with van der Waals surface area (Å²) in [6, 6.07) is 0. The third kappa shape index (κ3) is 28.3. The molecule has 0 saturated carbocycles. The molecule has 10 nitrogen and oxygen atoms in total. The standard InChI is InChI=1S/C45H82O10/c1-3-5-7-9-11-13-15-17-19-21-23-25-27-29-31-33-40(47)52-36-38(37-53-45-44(51)43(50)42(49)39(35-46)55-45)54-41(48)34-32-30-28-26-24-22-20-18-16-14-12-10-8-6-4-2/h14,16-17,19,38-39,42-46,49-51H,3-13,15,18,20-37H2,1-2H3/b16-14+,19-17+/t38-,39-,42+,43?,44?,45-/m0/s1. The molecule has 0 aromatic rings. The lowest BCUT2D eigenvalue weighted by atomic mass is 9.99. The molecule has 55 heavy (non-hydrogen) atoms. The van der Waals surface area contributed by atoms with Crippen molar-refractivity contribution in [3.05, 3.63) is 24.3 Å². The third-order valence-corrected chi connectivity index (χ3v) is 10.3. The molecule has 1 aliphatic rings. The molecule has 1 heterocycles. The van der Waals surface area contributed by atoms with E-state index in [0.717, 1.165) is 64.2 Å². The molecular weight excluding hydrogens is 700 g/mol. The fourth-order valence-corrected chi connectivity index (χ4v) is 6.71. The Kier molecular flexibility index (Phi) is 34.0. The van der Waals surface area contributed by atoms with Gasteiger partial charge in [0.2, 0.25) is 0 Å². The molecule has 0 aromatic heterocycles. The van der Waals surface area contributed by atoms with Crippen LogP contribution in [0.5, 0.6) is 0 Å². The number of rotatable bonds is 37. The second kappa shape index (κ2) is 36.5. The van der Waals surface area contributed by atoms with Gasteiger partial charge in [0.1, 0.15) is 31.0 Å². The summed E-state index contributed by atoms with van der Waals surface area (Å²) in [7, 11) is 0. The second-order valence-corrected chi connectivity index (χ2v) is 15.5. The Morgan fingerprint density at radius 2 is 0.964 bits per heavy atom. The van der Waals surface area contributed by atoms with Crippen molar-refractivity contribution < 1.29 is 49.0 Å². The summed E-state index contributed by atoms with van der Waals surface area (Å²) in [5.41, 5.74) is 0. The minimum absolute atomic E-state index is 0.221. The number of aliphatic hydroxyl groups is 4. The molecule has 1 rings (SSSR count). The number of unbranched alkanes of at least 4 members (excludes halogenated alkanes) is 22. The first kappa shape index (κ1) is 51.2. The predicted molar refractivity (Wildman–Crippen MR) is 219 cm³/mol. The zero-order valence-corrected chi connectivity index (χ0v) is 34.9. The van der Waals surface area contributed by atoms with Crippen molar-refractivity contribution in [1.82, 2.24) is 0 Å². The SMILES string of the molecule is CCCCCC/C=C/CCCCCCCCCC(=O)O[C@@H](COC(=O)CCCCCCC/C=C/CCCCCCCC)CO[C@H]1O[C@@H](CO)[C@@H](O)C(O)C1O. The Hall–Kier alpha value is -1.82. The largest absolute Gasteiger partial charge is 0.462 e. The van der Waals surface area contributed by atoms with Crippen LogP contribution in [0.4, 0.5) is 0 Å². The zero-order chi connectivity index (χ0) is 40.2. The fourth-order valence-electron chi connectivity index (χ4n) is 6.71. The van der Waals surface area contributed by atoms with E-state index in [-0.39, 0.29) is 32.0 Å². The number of hydrogen-bond donors (Lipinski definition) is 4. The van der Waals surface area contributed by atoms with Gasteiger partial charge in [-0.1, -0.05) is 141 Å². The van der Waals surface area contributed by atoms with Crippen LogP contribution in [0.3, 0.4) is 0 Å². The number of aliphatic hydroxyl groups excluding tert-OH is 4. The van der Waals surface area contributed by atoms with Gasteiger partial charge in [0, 0.05) is 12.8 Å². The van der Waals surface area contributed by atoms with E-state index >= 15 is 0 Å². The van der Waals surface area contributed by atoms with E-state index in [9.17, 15) is 30.0 Å². The summed E-state index contributed by atoms with van der Waals surface area (Å²) >= 11 is 0. The van der Waals surface area contributed by atoms with Crippen molar-refractivity contribution in [2.45, 2.75) is 230 Å². The van der Waals surface area contributed by atoms with Crippen LogP contribution < -0.4 is 0 Å². The molecule has 0 aliphatic carbocycles. The van der Waals surface area contributed by atoms with E-state index < -0.39 is 49.4 Å². The molecule has 4 N–H and O–H groups in total. The Balaban J connectivity index is 2.34. The molecule has 6 atom stereocenters. The monoisotopic (exact) mass is 783 g/mol. The first-order valence-corrected chi connectivity index (χ1v) is 22.4. The van der Waals surface area contributed by atoms with Gasteiger partial charge in [-0.3, -0.25) is 9.59 Å². The van der Waals surface area contributed by atoms with Crippen molar-refractivity contribution in [1.29, 1.82) is 0 Å². The molecule has 322 valence electrons. The lowest BCUT2D eigenvalue weighted by Gasteiger charge is -2.39. The molecule has 1 aliphatic heterocycles. The summed E-state index contributed by atoms with van der Waals surface area (Å²) < 4.78 is 22.1. The van der Waals surface area contributed by atoms with E-state index in [1.165, 1.54) is 96.3 Å². The van der Waals surface area contributed by atoms with Gasteiger partial charge in [-0.15, -0.1) is 0 Å². The summed E-state index contributed by atoms with van der Waals surface area (Å²) in [5, 5.41) is 40.0. The Morgan fingerprint density at radius 1 is 0.545 bits per heavy atom. The summed E-state index contributed by atoms with van der Waals surface area (Å²) in [6.45, 7) is 3.40. The lowest BCUT2D eigenvalue weighted by molar-refractivity contribution is -0.305. The van der Waals surface area contributed by atoms with Crippen LogP contribution in [0.1, 0.15) is 194 Å². The van der Waals surface area contributed by atoms with Gasteiger partial charge in [-0.25, -0.2) is 0 Å². The number of esters is 2. The minimum atomic E-state index is -1.59. The Bertz CT molecular complexity index is 954. The van der Waals surface area contributed by atoms with Crippen molar-refractivity contribution in [3.8, 4) is 0 Å². The molecule has 1 fully saturated rings. The van der Waals surface area contributed by atoms with E-state index in [1.54, 1.807) is 0 Å². The maximum absolute atomic E-state index is 12.8. The average molecular weight is 783 g/mol. The first-order valence-electron chi connectivity index (χ1n) is 22.4. The molecule has 0 radical (unpaired) electrons. The van der Waals surface area contributed by atoms with Crippen LogP contribution in [-0.4, -0.2) is 89.0 Å². The van der Waals surface area contributed by atoms with Crippen LogP contribution >= 0.6 is 0 Å². The van der Waals surface area contributed by atoms with Crippen LogP contribution in [0.25, 0.3) is 0 Å². The molecule has 0 aromatic carbocycles. The molecule has 2 unspecified atom stereocenters. The summed E-state index contributed by atoms with van der Waals surface area (Å²) in [6.07, 6.45) is 31.8. The average Bonchev–Trinajstić information content (AvgIpc) is 3.18. The van der Waals surface area contributed by atoms with Crippen molar-refractivity contribution >= 4 is 11.9 Å². The lowest BCUT2D eigenvalue weighted by Crippen LogP contribution is -2.59. The van der Waals surface area contributed by atoms with Crippen LogP contribution in [0.2, 0.25) is 0 Å². The Morgan fingerprint density at radius 3 is 1.44 bits per heavy atom. The molecule has 0 amide bonds. The highest BCUT2D eigenvalue weighted by molar-refractivity contribution is 5.70. The normalized spacial score (nSPS) is 20.7. The molecule has 10 heteroatoms. The fraction of sp³-hybridized carbons (Fsp3) is 0.867. The van der Waals surface area contributed by atoms with E-state index in [0.29, 0.717) is 6.42 Å². The predicted octanol–water partition coefficient (Wildman–Crippen LogP) is 9.33. The third-order valence-electron chi connectivity index (χ3n) is 10.3. The minimum Gasteiger partial charge on any atom is -0.462 e. The zero-order valence-electron chi connectivity index (χ0n) is 34.9. The van der Waals surface area contributed by atoms with Crippen molar-refractivity contribution in [2.24, 2.45) is 0 Å². The van der Waals surface area contributed by atoms with E-state index in [2.05, 4.69) is 38.2 Å².